The van der Waals surface area contributed by atoms with Crippen molar-refractivity contribution >= 4 is 27.3 Å². The van der Waals surface area contributed by atoms with Gasteiger partial charge in [-0.05, 0) is 50.4 Å². The summed E-state index contributed by atoms with van der Waals surface area (Å²) in [5.41, 5.74) is 2.89. The Balaban J connectivity index is 1.64. The predicted molar refractivity (Wildman–Crippen MR) is 174 cm³/mol. The molecular weight excluding hydrogens is 612 g/mol. The van der Waals surface area contributed by atoms with E-state index in [1.165, 1.54) is 24.5 Å². The smallest absolute Gasteiger partial charge is 0.251 e. The second-order valence-corrected chi connectivity index (χ2v) is 12.2. The van der Waals surface area contributed by atoms with E-state index >= 15 is 4.39 Å². The summed E-state index contributed by atoms with van der Waals surface area (Å²) in [4.78, 5) is 32.4. The van der Waals surface area contributed by atoms with Gasteiger partial charge in [-0.3, -0.25) is 14.3 Å². The highest BCUT2D eigenvalue weighted by molar-refractivity contribution is 7.18. The van der Waals surface area contributed by atoms with Crippen LogP contribution < -0.4 is 10.3 Å². The summed E-state index contributed by atoms with van der Waals surface area (Å²) in [7, 11) is 1.51. The molecule has 0 spiro atoms. The summed E-state index contributed by atoms with van der Waals surface area (Å²) in [6.45, 7) is 10.5. The van der Waals surface area contributed by atoms with Crippen molar-refractivity contribution in [3.8, 4) is 39.5 Å². The van der Waals surface area contributed by atoms with Crippen molar-refractivity contribution in [3.63, 3.8) is 0 Å². The van der Waals surface area contributed by atoms with Crippen LogP contribution in [0.2, 0.25) is 0 Å². The van der Waals surface area contributed by atoms with Gasteiger partial charge in [-0.2, -0.15) is 5.10 Å². The average Bonchev–Trinajstić information content (AvgIpc) is 3.69. The number of methoxy groups -OCH3 is 1. The van der Waals surface area contributed by atoms with Crippen molar-refractivity contribution < 1.29 is 23.0 Å². The molecular formula is C34H33F2N5O4S. The van der Waals surface area contributed by atoms with Crippen molar-refractivity contribution in [1.82, 2.24) is 24.2 Å². The number of hydrogen-bond donors (Lipinski definition) is 0. The largest absolute Gasteiger partial charge is 0.490 e. The molecule has 6 rings (SSSR count). The molecule has 1 aliphatic heterocycles. The van der Waals surface area contributed by atoms with Crippen molar-refractivity contribution in [2.75, 3.05) is 26.9 Å². The zero-order valence-corrected chi connectivity index (χ0v) is 26.7. The third-order valence-corrected chi connectivity index (χ3v) is 9.09. The van der Waals surface area contributed by atoms with Crippen LogP contribution in [0.15, 0.2) is 65.4 Å². The average molecular weight is 646 g/mol. The molecule has 4 aromatic heterocycles. The lowest BCUT2D eigenvalue weighted by Crippen LogP contribution is -2.40. The van der Waals surface area contributed by atoms with Crippen LogP contribution in [0.1, 0.15) is 38.5 Å². The Bertz CT molecular complexity index is 2030. The number of halogens is 2. The van der Waals surface area contributed by atoms with Gasteiger partial charge >= 0.3 is 0 Å². The number of benzene rings is 1. The van der Waals surface area contributed by atoms with Crippen molar-refractivity contribution in [2.24, 2.45) is 0 Å². The summed E-state index contributed by atoms with van der Waals surface area (Å²) in [5, 5.41) is 7.44. The van der Waals surface area contributed by atoms with Crippen LogP contribution >= 0.6 is 11.3 Å². The van der Waals surface area contributed by atoms with Crippen LogP contribution in [-0.2, 0) is 16.1 Å². The number of thiophene rings is 1. The first kappa shape index (κ1) is 31.3. The van der Waals surface area contributed by atoms with E-state index in [0.717, 1.165) is 17.8 Å². The number of carbonyl (C=O) groups excluding carboxylic acids is 1. The van der Waals surface area contributed by atoms with Gasteiger partial charge in [0.05, 0.1) is 36.1 Å². The van der Waals surface area contributed by atoms with Crippen LogP contribution in [0, 0.1) is 11.6 Å². The minimum Gasteiger partial charge on any atom is -0.490 e. The maximum atomic E-state index is 16.0. The number of ether oxygens (including phenoxy) is 2. The Morgan fingerprint density at radius 3 is 2.65 bits per heavy atom. The lowest BCUT2D eigenvalue weighted by Gasteiger charge is -2.33. The topological polar surface area (TPSA) is 91.5 Å². The lowest BCUT2D eigenvalue weighted by atomic mass is 9.96. The van der Waals surface area contributed by atoms with Gasteiger partial charge in [-0.1, -0.05) is 6.58 Å². The number of fused-ring (bicyclic) bond motifs is 2. The highest BCUT2D eigenvalue weighted by Crippen LogP contribution is 2.47. The van der Waals surface area contributed by atoms with E-state index in [9.17, 15) is 14.0 Å². The molecule has 0 bridgehead atoms. The maximum Gasteiger partial charge on any atom is 0.251 e. The zero-order valence-electron chi connectivity index (χ0n) is 25.9. The minimum atomic E-state index is -0.822. The van der Waals surface area contributed by atoms with E-state index in [1.54, 1.807) is 21.7 Å². The summed E-state index contributed by atoms with van der Waals surface area (Å²) >= 11 is 1.37. The van der Waals surface area contributed by atoms with Crippen molar-refractivity contribution in [2.45, 2.75) is 39.4 Å². The summed E-state index contributed by atoms with van der Waals surface area (Å²) < 4.78 is 45.7. The summed E-state index contributed by atoms with van der Waals surface area (Å²) in [5.74, 6) is -1.80. The zero-order chi connectivity index (χ0) is 32.7. The number of carbonyl (C=O) groups is 1. The van der Waals surface area contributed by atoms with Gasteiger partial charge in [0.1, 0.15) is 35.4 Å². The number of hydrogen-bond acceptors (Lipinski definition) is 7. The van der Waals surface area contributed by atoms with Crippen LogP contribution in [0.3, 0.4) is 0 Å². The molecule has 9 nitrogen and oxygen atoms in total. The molecule has 1 amide bonds. The van der Waals surface area contributed by atoms with E-state index < -0.39 is 11.6 Å². The molecule has 0 unspecified atom stereocenters. The molecule has 0 saturated heterocycles. The van der Waals surface area contributed by atoms with E-state index in [1.807, 2.05) is 49.0 Å². The van der Waals surface area contributed by atoms with E-state index in [0.29, 0.717) is 51.4 Å². The lowest BCUT2D eigenvalue weighted by molar-refractivity contribution is -0.129. The third-order valence-electron chi connectivity index (χ3n) is 8.16. The van der Waals surface area contributed by atoms with Crippen molar-refractivity contribution in [3.05, 3.63) is 88.3 Å². The Morgan fingerprint density at radius 2 is 1.93 bits per heavy atom. The predicted octanol–water partition coefficient (Wildman–Crippen LogP) is 6.63. The molecule has 1 aromatic carbocycles. The first-order chi connectivity index (χ1) is 22.1. The van der Waals surface area contributed by atoms with Gasteiger partial charge in [0.15, 0.2) is 0 Å². The van der Waals surface area contributed by atoms with Gasteiger partial charge in [-0.25, -0.2) is 13.8 Å². The Labute approximate surface area is 268 Å². The number of pyridine rings is 2. The maximum absolute atomic E-state index is 16.0. The molecule has 238 valence electrons. The quantitative estimate of drug-likeness (QED) is 0.132. The number of nitrogens with zero attached hydrogens (tertiary/aromatic N) is 5. The van der Waals surface area contributed by atoms with Gasteiger partial charge in [0, 0.05) is 65.3 Å². The van der Waals surface area contributed by atoms with Gasteiger partial charge in [-0.15, -0.1) is 11.3 Å². The molecule has 0 saturated carbocycles. The normalized spacial score (nSPS) is 14.6. The fraction of sp³-hybridized carbons (Fsp3) is 0.294. The highest BCUT2D eigenvalue weighted by atomic mass is 32.1. The van der Waals surface area contributed by atoms with Crippen LogP contribution in [0.4, 0.5) is 8.78 Å². The second-order valence-electron chi connectivity index (χ2n) is 11.3. The van der Waals surface area contributed by atoms with E-state index in [-0.39, 0.29) is 48.1 Å². The first-order valence-corrected chi connectivity index (χ1v) is 15.8. The van der Waals surface area contributed by atoms with Gasteiger partial charge < -0.3 is 18.9 Å². The number of aromatic nitrogens is 4. The molecule has 12 heteroatoms. The van der Waals surface area contributed by atoms with Crippen LogP contribution in [0.5, 0.6) is 5.75 Å². The highest BCUT2D eigenvalue weighted by Gasteiger charge is 2.31. The van der Waals surface area contributed by atoms with E-state index in [2.05, 4.69) is 6.58 Å². The Morgan fingerprint density at radius 1 is 1.13 bits per heavy atom. The number of amides is 1. The van der Waals surface area contributed by atoms with Gasteiger partial charge in [0.25, 0.3) is 5.56 Å². The fourth-order valence-electron chi connectivity index (χ4n) is 5.90. The molecule has 1 aliphatic rings. The monoisotopic (exact) mass is 645 g/mol. The second kappa shape index (κ2) is 12.6. The van der Waals surface area contributed by atoms with Gasteiger partial charge in [0.2, 0.25) is 5.91 Å². The molecule has 5 heterocycles. The molecule has 0 aliphatic carbocycles. The summed E-state index contributed by atoms with van der Waals surface area (Å²) in [6, 6.07) is 8.71. The summed E-state index contributed by atoms with van der Waals surface area (Å²) in [6.07, 6.45) is 3.02. The molecule has 0 N–H and O–H groups in total. The van der Waals surface area contributed by atoms with Crippen LogP contribution in [-0.4, -0.2) is 57.0 Å². The molecule has 5 aromatic rings. The van der Waals surface area contributed by atoms with E-state index in [4.69, 9.17) is 19.6 Å². The number of rotatable bonds is 9. The fourth-order valence-corrected chi connectivity index (χ4v) is 6.85. The first-order valence-electron chi connectivity index (χ1n) is 14.9. The molecule has 46 heavy (non-hydrogen) atoms. The SMILES string of the molecule is C=CC(=O)N1CCn2nc(-c3nc(-c4ccn(C(C)C)c(=O)c4)c4ccsc4c3-c3c(F)cc(F)cc3OCCOC)cc2[C@H]1C. The standard InChI is InChI=1S/C34H33F2N5O4S/c1-6-28(42)40-10-11-41-26(20(40)4)18-25(38-41)33-31(30-24(36)16-22(35)17-27(30)45-13-12-44-5)34-23(8-14-46-34)32(37-33)21-7-9-39(19(2)3)29(43)15-21/h6-9,14-20H,1,10-13H2,2-5H3/t20-/m1/s1. The minimum absolute atomic E-state index is 0.000300. The molecule has 1 atom stereocenters. The van der Waals surface area contributed by atoms with Crippen LogP contribution in [0.25, 0.3) is 43.9 Å². The third kappa shape index (κ3) is 5.51. The van der Waals surface area contributed by atoms with Crippen molar-refractivity contribution in [1.29, 1.82) is 0 Å². The Hall–Kier alpha value is -4.68. The molecule has 0 radical (unpaired) electrons. The molecule has 0 fully saturated rings. The Kier molecular flexibility index (Phi) is 8.58.